The third-order valence-electron chi connectivity index (χ3n) is 7.31. The van der Waals surface area contributed by atoms with E-state index in [1.54, 1.807) is 30.3 Å². The molecule has 2 N–H and O–H groups in total. The van der Waals surface area contributed by atoms with Crippen LogP contribution in [-0.2, 0) is 11.4 Å². The Kier molecular flexibility index (Phi) is 10.3. The second-order valence-electron chi connectivity index (χ2n) is 10.5. The van der Waals surface area contributed by atoms with Gasteiger partial charge in [-0.25, -0.2) is 0 Å². The van der Waals surface area contributed by atoms with E-state index in [0.717, 1.165) is 31.7 Å². The van der Waals surface area contributed by atoms with Crippen LogP contribution in [0.2, 0.25) is 5.02 Å². The van der Waals surface area contributed by atoms with Crippen molar-refractivity contribution in [1.82, 2.24) is 14.8 Å². The van der Waals surface area contributed by atoms with Crippen LogP contribution in [0.25, 0.3) is 10.9 Å². The molecule has 0 aliphatic carbocycles. The average molecular weight is 611 g/mol. The summed E-state index contributed by atoms with van der Waals surface area (Å²) in [5, 5.41) is 17.3. The normalized spacial score (nSPS) is 14.0. The lowest BCUT2D eigenvalue weighted by Gasteiger charge is -2.31. The molecule has 226 valence electrons. The van der Waals surface area contributed by atoms with Crippen molar-refractivity contribution in [2.75, 3.05) is 57.0 Å². The number of halogens is 1. The number of piperazine rings is 1. The number of carbonyl (C=O) groups is 1. The molecule has 1 aliphatic heterocycles. The van der Waals surface area contributed by atoms with Crippen LogP contribution in [0.4, 0.5) is 17.1 Å². The van der Waals surface area contributed by atoms with Crippen LogP contribution >= 0.6 is 11.6 Å². The standard InChI is InChI=1S/C34H35ClN6O3/c1-3-43-32-20-29-27(19-30(32)39-33(42)10-7-13-41-16-14-40(2)15-17-41)34(25(21-36)22-37-29)38-26-11-12-31(28(35)18-26)44-23-24-8-5-4-6-9-24/h4-12,18-20,22H,3,13-17,23H2,1-2H3,(H,37,38)(H,39,42). The zero-order valence-corrected chi connectivity index (χ0v) is 25.6. The minimum absolute atomic E-state index is 0.267. The lowest BCUT2D eigenvalue weighted by atomic mass is 10.1. The topological polar surface area (TPSA) is 103 Å². The summed E-state index contributed by atoms with van der Waals surface area (Å²) in [6.07, 6.45) is 4.94. The molecule has 0 atom stereocenters. The quantitative estimate of drug-likeness (QED) is 0.193. The van der Waals surface area contributed by atoms with Gasteiger partial charge in [0.05, 0.1) is 34.1 Å². The number of nitrogens with one attached hydrogen (secondary N) is 2. The number of benzene rings is 3. The Balaban J connectivity index is 1.37. The summed E-state index contributed by atoms with van der Waals surface area (Å²) in [5.41, 5.74) is 3.66. The predicted molar refractivity (Wildman–Crippen MR) is 175 cm³/mol. The minimum atomic E-state index is -0.267. The summed E-state index contributed by atoms with van der Waals surface area (Å²) >= 11 is 6.57. The molecule has 10 heteroatoms. The molecular weight excluding hydrogens is 576 g/mol. The summed E-state index contributed by atoms with van der Waals surface area (Å²) in [5.74, 6) is 0.774. The number of hydrogen-bond acceptors (Lipinski definition) is 8. The second-order valence-corrected chi connectivity index (χ2v) is 10.9. The van der Waals surface area contributed by atoms with Crippen molar-refractivity contribution in [2.45, 2.75) is 13.5 Å². The van der Waals surface area contributed by atoms with Gasteiger partial charge in [0.25, 0.3) is 0 Å². The van der Waals surface area contributed by atoms with Crippen molar-refractivity contribution in [2.24, 2.45) is 0 Å². The van der Waals surface area contributed by atoms with Crippen molar-refractivity contribution in [3.05, 3.63) is 95.2 Å². The third kappa shape index (κ3) is 7.85. The molecule has 3 aromatic carbocycles. The molecule has 1 fully saturated rings. The van der Waals surface area contributed by atoms with Gasteiger partial charge in [0, 0.05) is 62.1 Å². The summed E-state index contributed by atoms with van der Waals surface area (Å²) in [4.78, 5) is 22.0. The van der Waals surface area contributed by atoms with Crippen molar-refractivity contribution in [1.29, 1.82) is 5.26 Å². The molecule has 1 saturated heterocycles. The SMILES string of the molecule is CCOc1cc2ncc(C#N)c(Nc3ccc(OCc4ccccc4)c(Cl)c3)c2cc1NC(=O)C=CCN1CCN(C)CC1. The van der Waals surface area contributed by atoms with Gasteiger partial charge < -0.3 is 25.0 Å². The van der Waals surface area contributed by atoms with E-state index in [0.29, 0.717) is 69.8 Å². The zero-order valence-electron chi connectivity index (χ0n) is 24.8. The highest BCUT2D eigenvalue weighted by molar-refractivity contribution is 6.32. The Morgan fingerprint density at radius 2 is 1.86 bits per heavy atom. The van der Waals surface area contributed by atoms with Crippen LogP contribution in [0.15, 0.2) is 79.0 Å². The Morgan fingerprint density at radius 1 is 1.07 bits per heavy atom. The Hall–Kier alpha value is -4.62. The van der Waals surface area contributed by atoms with E-state index in [2.05, 4.69) is 38.5 Å². The van der Waals surface area contributed by atoms with Gasteiger partial charge >= 0.3 is 0 Å². The first-order chi connectivity index (χ1) is 21.4. The van der Waals surface area contributed by atoms with E-state index in [4.69, 9.17) is 21.1 Å². The number of fused-ring (bicyclic) bond motifs is 1. The molecule has 9 nitrogen and oxygen atoms in total. The molecule has 0 radical (unpaired) electrons. The summed E-state index contributed by atoms with van der Waals surface area (Å²) in [6, 6.07) is 21.0. The molecule has 1 amide bonds. The van der Waals surface area contributed by atoms with Crippen LogP contribution < -0.4 is 20.1 Å². The van der Waals surface area contributed by atoms with Gasteiger partial charge in [-0.2, -0.15) is 5.26 Å². The van der Waals surface area contributed by atoms with E-state index in [1.165, 1.54) is 6.20 Å². The molecule has 1 aromatic heterocycles. The number of pyridine rings is 1. The Morgan fingerprint density at radius 3 is 2.59 bits per heavy atom. The number of nitriles is 1. The number of aromatic nitrogens is 1. The van der Waals surface area contributed by atoms with E-state index in [-0.39, 0.29) is 5.91 Å². The maximum absolute atomic E-state index is 12.9. The number of rotatable bonds is 11. The number of hydrogen-bond donors (Lipinski definition) is 2. The van der Waals surface area contributed by atoms with Gasteiger partial charge in [0.2, 0.25) is 5.91 Å². The molecule has 2 heterocycles. The number of nitrogens with zero attached hydrogens (tertiary/aromatic N) is 4. The van der Waals surface area contributed by atoms with Gasteiger partial charge in [-0.3, -0.25) is 14.7 Å². The maximum Gasteiger partial charge on any atom is 0.248 e. The lowest BCUT2D eigenvalue weighted by molar-refractivity contribution is -0.111. The number of anilines is 3. The monoisotopic (exact) mass is 610 g/mol. The molecule has 0 bridgehead atoms. The van der Waals surface area contributed by atoms with Gasteiger partial charge in [-0.15, -0.1) is 0 Å². The molecule has 44 heavy (non-hydrogen) atoms. The first-order valence-corrected chi connectivity index (χ1v) is 14.9. The van der Waals surface area contributed by atoms with Crippen LogP contribution in [-0.4, -0.2) is 67.1 Å². The van der Waals surface area contributed by atoms with Gasteiger partial charge in [-0.1, -0.05) is 48.0 Å². The molecule has 0 spiro atoms. The van der Waals surface area contributed by atoms with E-state index in [1.807, 2.05) is 49.4 Å². The number of ether oxygens (including phenoxy) is 2. The van der Waals surface area contributed by atoms with Gasteiger partial charge in [0.1, 0.15) is 24.2 Å². The Labute approximate surface area is 262 Å². The molecular formula is C34H35ClN6O3. The van der Waals surface area contributed by atoms with E-state index < -0.39 is 0 Å². The molecule has 0 saturated carbocycles. The van der Waals surface area contributed by atoms with Crippen molar-refractivity contribution >= 4 is 45.5 Å². The molecule has 1 aliphatic rings. The van der Waals surface area contributed by atoms with Crippen LogP contribution in [0.3, 0.4) is 0 Å². The highest BCUT2D eigenvalue weighted by Crippen LogP contribution is 2.37. The van der Waals surface area contributed by atoms with Crippen LogP contribution in [0, 0.1) is 11.3 Å². The average Bonchev–Trinajstić information content (AvgIpc) is 3.03. The van der Waals surface area contributed by atoms with Gasteiger partial charge in [-0.05, 0) is 43.8 Å². The molecule has 5 rings (SSSR count). The highest BCUT2D eigenvalue weighted by atomic mass is 35.5. The van der Waals surface area contributed by atoms with Crippen molar-refractivity contribution < 1.29 is 14.3 Å². The van der Waals surface area contributed by atoms with Crippen LogP contribution in [0.1, 0.15) is 18.1 Å². The first kappa shape index (κ1) is 30.8. The van der Waals surface area contributed by atoms with E-state index in [9.17, 15) is 10.1 Å². The number of carbonyl (C=O) groups excluding carboxylic acids is 1. The van der Waals surface area contributed by atoms with Gasteiger partial charge in [0.15, 0.2) is 0 Å². The fourth-order valence-electron chi connectivity index (χ4n) is 4.90. The smallest absolute Gasteiger partial charge is 0.248 e. The fraction of sp³-hybridized carbons (Fsp3) is 0.265. The van der Waals surface area contributed by atoms with Crippen LogP contribution in [0.5, 0.6) is 11.5 Å². The maximum atomic E-state index is 12.9. The van der Waals surface area contributed by atoms with Crippen molar-refractivity contribution in [3.63, 3.8) is 0 Å². The first-order valence-electron chi connectivity index (χ1n) is 14.5. The van der Waals surface area contributed by atoms with Crippen molar-refractivity contribution in [3.8, 4) is 17.6 Å². The molecule has 4 aromatic rings. The minimum Gasteiger partial charge on any atom is -0.492 e. The number of likely N-dealkylation sites (N-methyl/N-ethyl adjacent to an activating group) is 1. The Bertz CT molecular complexity index is 1680. The summed E-state index contributed by atoms with van der Waals surface area (Å²) < 4.78 is 11.8. The molecule has 0 unspecified atom stereocenters. The summed E-state index contributed by atoms with van der Waals surface area (Å²) in [6.45, 7) is 7.36. The fourth-order valence-corrected chi connectivity index (χ4v) is 5.14. The highest BCUT2D eigenvalue weighted by Gasteiger charge is 2.16. The third-order valence-corrected chi connectivity index (χ3v) is 7.61. The zero-order chi connectivity index (χ0) is 30.9. The predicted octanol–water partition coefficient (Wildman–Crippen LogP) is 6.22. The second kappa shape index (κ2) is 14.7. The lowest BCUT2D eigenvalue weighted by Crippen LogP contribution is -2.44. The number of amides is 1. The van der Waals surface area contributed by atoms with E-state index >= 15 is 0 Å². The largest absolute Gasteiger partial charge is 0.492 e. The summed E-state index contributed by atoms with van der Waals surface area (Å²) in [7, 11) is 2.12.